The molecular weight excluding hydrogens is 550 g/mol. The van der Waals surface area contributed by atoms with E-state index in [0.29, 0.717) is 47.1 Å². The Balaban J connectivity index is 1.42. The lowest BCUT2D eigenvalue weighted by Crippen LogP contribution is -2.36. The monoisotopic (exact) mass is 579 g/mol. The number of aromatic hydroxyl groups is 2. The SMILES string of the molecule is Cc1nnnn1/N=C/c1ccc(O)c(C(c2ccc(N3CCOCC3)cc2)c2cc(/C=N/n3nnnc3C)ccc2O)c1. The Bertz CT molecular complexity index is 1670. The predicted molar refractivity (Wildman–Crippen MR) is 158 cm³/mol. The van der Waals surface area contributed by atoms with Gasteiger partial charge >= 0.3 is 0 Å². The number of phenolic OH excluding ortho intramolecular Hbond substituents is 2. The van der Waals surface area contributed by atoms with Gasteiger partial charge in [-0.15, -0.1) is 19.8 Å². The van der Waals surface area contributed by atoms with E-state index >= 15 is 0 Å². The summed E-state index contributed by atoms with van der Waals surface area (Å²) in [5.41, 5.74) is 4.54. The minimum atomic E-state index is -0.537. The van der Waals surface area contributed by atoms with Crippen LogP contribution in [0.3, 0.4) is 0 Å². The van der Waals surface area contributed by atoms with Crippen LogP contribution in [0.4, 0.5) is 5.69 Å². The van der Waals surface area contributed by atoms with Crippen LogP contribution >= 0.6 is 0 Å². The van der Waals surface area contributed by atoms with Gasteiger partial charge in [0, 0.05) is 35.8 Å². The first-order chi connectivity index (χ1) is 21.0. The van der Waals surface area contributed by atoms with Gasteiger partial charge in [0.05, 0.1) is 25.6 Å². The molecule has 14 nitrogen and oxygen atoms in total. The van der Waals surface area contributed by atoms with Crippen LogP contribution in [0.2, 0.25) is 0 Å². The van der Waals surface area contributed by atoms with E-state index < -0.39 is 5.92 Å². The largest absolute Gasteiger partial charge is 0.508 e. The third kappa shape index (κ3) is 6.08. The molecule has 2 N–H and O–H groups in total. The molecule has 43 heavy (non-hydrogen) atoms. The van der Waals surface area contributed by atoms with Gasteiger partial charge in [0.25, 0.3) is 0 Å². The van der Waals surface area contributed by atoms with Crippen molar-refractivity contribution < 1.29 is 14.9 Å². The zero-order valence-electron chi connectivity index (χ0n) is 23.6. The van der Waals surface area contributed by atoms with Crippen LogP contribution in [0.15, 0.2) is 70.9 Å². The summed E-state index contributed by atoms with van der Waals surface area (Å²) in [4.78, 5) is 4.90. The highest BCUT2D eigenvalue weighted by Crippen LogP contribution is 2.41. The van der Waals surface area contributed by atoms with Crippen molar-refractivity contribution in [2.24, 2.45) is 10.2 Å². The lowest BCUT2D eigenvalue weighted by molar-refractivity contribution is 0.122. The van der Waals surface area contributed by atoms with E-state index in [4.69, 9.17) is 4.74 Å². The van der Waals surface area contributed by atoms with Gasteiger partial charge in [-0.2, -0.15) is 10.2 Å². The number of hydrogen-bond donors (Lipinski definition) is 2. The second-order valence-corrected chi connectivity index (χ2v) is 9.98. The predicted octanol–water partition coefficient (Wildman–Crippen LogP) is 2.47. The Morgan fingerprint density at radius 3 is 1.72 bits per heavy atom. The topological polar surface area (TPSA) is 165 Å². The molecule has 1 saturated heterocycles. The van der Waals surface area contributed by atoms with Crippen molar-refractivity contribution in [1.82, 2.24) is 40.6 Å². The van der Waals surface area contributed by atoms with Crippen molar-refractivity contribution >= 4 is 18.1 Å². The highest BCUT2D eigenvalue weighted by Gasteiger charge is 2.24. The number of phenols is 2. The summed E-state index contributed by atoms with van der Waals surface area (Å²) in [6, 6.07) is 18.5. The number of anilines is 1. The summed E-state index contributed by atoms with van der Waals surface area (Å²) in [6.07, 6.45) is 3.23. The fourth-order valence-electron chi connectivity index (χ4n) is 4.91. The maximum absolute atomic E-state index is 11.2. The molecule has 14 heteroatoms. The molecule has 1 fully saturated rings. The molecule has 5 aromatic rings. The summed E-state index contributed by atoms with van der Waals surface area (Å²) in [6.45, 7) is 6.49. The number of ether oxygens (including phenoxy) is 1. The molecular formula is C29H29N11O3. The van der Waals surface area contributed by atoms with Gasteiger partial charge in [-0.3, -0.25) is 0 Å². The van der Waals surface area contributed by atoms with E-state index in [1.54, 1.807) is 50.5 Å². The van der Waals surface area contributed by atoms with Crippen LogP contribution in [0.1, 0.15) is 45.4 Å². The average molecular weight is 580 g/mol. The number of aromatic nitrogens is 8. The highest BCUT2D eigenvalue weighted by atomic mass is 16.5. The van der Waals surface area contributed by atoms with E-state index in [0.717, 1.165) is 24.3 Å². The molecule has 1 aliphatic rings. The van der Waals surface area contributed by atoms with E-state index in [9.17, 15) is 10.2 Å². The van der Waals surface area contributed by atoms with E-state index in [2.05, 4.69) is 58.3 Å². The third-order valence-corrected chi connectivity index (χ3v) is 7.17. The van der Waals surface area contributed by atoms with Gasteiger partial charge in [-0.05, 0) is 99.9 Å². The zero-order chi connectivity index (χ0) is 29.8. The van der Waals surface area contributed by atoms with Crippen molar-refractivity contribution in [3.8, 4) is 11.5 Å². The molecule has 218 valence electrons. The molecule has 0 atom stereocenters. The molecule has 0 unspecified atom stereocenters. The molecule has 0 bridgehead atoms. The van der Waals surface area contributed by atoms with Crippen molar-refractivity contribution in [3.05, 3.63) is 100 Å². The van der Waals surface area contributed by atoms with Gasteiger partial charge in [-0.1, -0.05) is 12.1 Å². The standard InChI is InChI=1S/C29H29N11O3/c1-19-32-34-36-39(19)30-17-21-3-9-27(41)25(15-21)29(23-5-7-24(8-6-23)38-11-13-43-14-12-38)26-16-22(4-10-28(26)42)18-31-40-20(2)33-35-37-40/h3-10,15-18,29,41-42H,11-14H2,1-2H3/b30-17+,31-18+. The third-order valence-electron chi connectivity index (χ3n) is 7.17. The number of aryl methyl sites for hydroxylation is 2. The van der Waals surface area contributed by atoms with Crippen LogP contribution < -0.4 is 4.90 Å². The Labute approximate surface area is 246 Å². The molecule has 0 spiro atoms. The van der Waals surface area contributed by atoms with Gasteiger partial charge < -0.3 is 19.8 Å². The van der Waals surface area contributed by atoms with Crippen molar-refractivity contribution in [2.75, 3.05) is 31.2 Å². The molecule has 0 saturated carbocycles. The molecule has 6 rings (SSSR count). The summed E-state index contributed by atoms with van der Waals surface area (Å²) in [7, 11) is 0. The first kappa shape index (κ1) is 27.7. The summed E-state index contributed by atoms with van der Waals surface area (Å²) >= 11 is 0. The molecule has 0 radical (unpaired) electrons. The number of nitrogens with zero attached hydrogens (tertiary/aromatic N) is 11. The minimum absolute atomic E-state index is 0.0702. The lowest BCUT2D eigenvalue weighted by atomic mass is 9.83. The Morgan fingerprint density at radius 1 is 0.744 bits per heavy atom. The smallest absolute Gasteiger partial charge is 0.173 e. The lowest BCUT2D eigenvalue weighted by Gasteiger charge is -2.29. The average Bonchev–Trinajstić information content (AvgIpc) is 3.65. The van der Waals surface area contributed by atoms with Crippen molar-refractivity contribution in [3.63, 3.8) is 0 Å². The molecule has 0 aliphatic carbocycles. The van der Waals surface area contributed by atoms with Crippen LogP contribution in [0.25, 0.3) is 0 Å². The number of hydrogen-bond acceptors (Lipinski definition) is 12. The maximum atomic E-state index is 11.2. The van der Waals surface area contributed by atoms with Gasteiger partial charge in [0.1, 0.15) is 11.5 Å². The fraction of sp³-hybridized carbons (Fsp3) is 0.241. The first-order valence-electron chi connectivity index (χ1n) is 13.6. The summed E-state index contributed by atoms with van der Waals surface area (Å²) in [5, 5.41) is 53.6. The maximum Gasteiger partial charge on any atom is 0.173 e. The van der Waals surface area contributed by atoms with Crippen LogP contribution in [0, 0.1) is 13.8 Å². The Hall–Kier alpha value is -5.50. The minimum Gasteiger partial charge on any atom is -0.508 e. The zero-order valence-corrected chi connectivity index (χ0v) is 23.6. The number of rotatable bonds is 8. The molecule has 3 aromatic carbocycles. The van der Waals surface area contributed by atoms with Crippen molar-refractivity contribution in [1.29, 1.82) is 0 Å². The van der Waals surface area contributed by atoms with E-state index in [1.165, 1.54) is 9.58 Å². The molecule has 2 aromatic heterocycles. The van der Waals surface area contributed by atoms with Crippen LogP contribution in [-0.2, 0) is 4.74 Å². The van der Waals surface area contributed by atoms with Crippen molar-refractivity contribution in [2.45, 2.75) is 19.8 Å². The second kappa shape index (κ2) is 12.2. The van der Waals surface area contributed by atoms with Crippen LogP contribution in [0.5, 0.6) is 11.5 Å². The number of tetrazole rings is 2. The summed E-state index contributed by atoms with van der Waals surface area (Å²) < 4.78 is 5.50. The Morgan fingerprint density at radius 2 is 1.26 bits per heavy atom. The summed E-state index contributed by atoms with van der Waals surface area (Å²) in [5.74, 6) is 0.675. The van der Waals surface area contributed by atoms with Gasteiger partial charge in [0.15, 0.2) is 11.6 Å². The van der Waals surface area contributed by atoms with E-state index in [-0.39, 0.29) is 11.5 Å². The first-order valence-corrected chi connectivity index (χ1v) is 13.6. The quantitative estimate of drug-likeness (QED) is 0.206. The molecule has 0 amide bonds. The number of morpholine rings is 1. The molecule has 1 aliphatic heterocycles. The Kier molecular flexibility index (Phi) is 7.82. The van der Waals surface area contributed by atoms with Gasteiger partial charge in [-0.25, -0.2) is 0 Å². The van der Waals surface area contributed by atoms with Crippen LogP contribution in [-0.4, -0.2) is 89.6 Å². The molecule has 3 heterocycles. The van der Waals surface area contributed by atoms with E-state index in [1.807, 2.05) is 24.3 Å². The van der Waals surface area contributed by atoms with Gasteiger partial charge in [0.2, 0.25) is 0 Å². The fourth-order valence-corrected chi connectivity index (χ4v) is 4.91. The number of benzene rings is 3. The second-order valence-electron chi connectivity index (χ2n) is 9.98. The highest BCUT2D eigenvalue weighted by molar-refractivity contribution is 5.82. The normalized spacial score (nSPS) is 14.0.